The zero-order chi connectivity index (χ0) is 21.9. The van der Waals surface area contributed by atoms with Crippen LogP contribution in [0.15, 0.2) is 29.5 Å². The molecule has 7 nitrogen and oxygen atoms in total. The molecule has 5 rings (SSSR count). The standard InChI is InChI=1S/C23H20N4O3S/c1-10-12(9-24)22(25)27-20-19-17(11-6-7-14(28)16(8-11)30-2)18-13(4-3-5-15(18)29)26-23(19)31-21(10)20/h6-8,17,26,28H,3-5H2,1-2H3,(H2,25,27)/t17-/m1/s1. The number of phenolic OH excluding ortho intramolecular Hbond substituents is 1. The summed E-state index contributed by atoms with van der Waals surface area (Å²) in [5, 5.41) is 24.0. The van der Waals surface area contributed by atoms with Gasteiger partial charge in [0.15, 0.2) is 17.3 Å². The summed E-state index contributed by atoms with van der Waals surface area (Å²) < 4.78 is 6.21. The topological polar surface area (TPSA) is 121 Å². The fourth-order valence-corrected chi connectivity index (χ4v) is 5.81. The molecule has 0 radical (unpaired) electrons. The molecule has 0 bridgehead atoms. The van der Waals surface area contributed by atoms with Crippen molar-refractivity contribution < 1.29 is 14.6 Å². The van der Waals surface area contributed by atoms with Crippen LogP contribution < -0.4 is 15.8 Å². The lowest BCUT2D eigenvalue weighted by atomic mass is 9.76. The third-order valence-corrected chi connectivity index (χ3v) is 7.30. The number of nitriles is 1. The van der Waals surface area contributed by atoms with Crippen LogP contribution in [0.1, 0.15) is 47.4 Å². The van der Waals surface area contributed by atoms with E-state index in [9.17, 15) is 15.2 Å². The first-order valence-electron chi connectivity index (χ1n) is 9.97. The Balaban J connectivity index is 1.84. The molecule has 3 aromatic rings. The summed E-state index contributed by atoms with van der Waals surface area (Å²) in [4.78, 5) is 17.7. The van der Waals surface area contributed by atoms with Crippen molar-refractivity contribution >= 4 is 38.2 Å². The maximum absolute atomic E-state index is 13.1. The lowest BCUT2D eigenvalue weighted by molar-refractivity contribution is -0.116. The van der Waals surface area contributed by atoms with Crippen molar-refractivity contribution in [3.63, 3.8) is 0 Å². The highest BCUT2D eigenvalue weighted by atomic mass is 32.1. The number of carbonyl (C=O) groups is 1. The van der Waals surface area contributed by atoms with E-state index in [1.165, 1.54) is 18.4 Å². The molecule has 0 fully saturated rings. The number of carbonyl (C=O) groups excluding carboxylic acids is 1. The molecule has 0 saturated carbocycles. The normalized spacial score (nSPS) is 17.7. The highest BCUT2D eigenvalue weighted by Gasteiger charge is 2.38. The first-order valence-corrected chi connectivity index (χ1v) is 10.8. The number of nitrogens with two attached hydrogens (primary N) is 1. The number of ketones is 1. The van der Waals surface area contributed by atoms with Crippen molar-refractivity contribution in [2.75, 3.05) is 18.2 Å². The number of hydrogen-bond donors (Lipinski definition) is 3. The number of thiophene rings is 1. The summed E-state index contributed by atoms with van der Waals surface area (Å²) in [6, 6.07) is 7.31. The molecular formula is C23H20N4O3S. The molecule has 4 N–H and O–H groups in total. The highest BCUT2D eigenvalue weighted by Crippen LogP contribution is 2.52. The average molecular weight is 433 g/mol. The monoisotopic (exact) mass is 432 g/mol. The van der Waals surface area contributed by atoms with Crippen molar-refractivity contribution in [3.05, 3.63) is 51.7 Å². The quantitative estimate of drug-likeness (QED) is 0.551. The molecule has 2 aromatic heterocycles. The fraction of sp³-hybridized carbons (Fsp3) is 0.261. The first-order chi connectivity index (χ1) is 14.9. The molecule has 31 heavy (non-hydrogen) atoms. The number of aryl methyl sites for hydroxylation is 1. The number of anilines is 2. The van der Waals surface area contributed by atoms with Gasteiger partial charge in [0.2, 0.25) is 0 Å². The van der Waals surface area contributed by atoms with Gasteiger partial charge in [0, 0.05) is 29.2 Å². The van der Waals surface area contributed by atoms with E-state index in [-0.39, 0.29) is 23.3 Å². The van der Waals surface area contributed by atoms with E-state index in [2.05, 4.69) is 16.4 Å². The van der Waals surface area contributed by atoms with E-state index >= 15 is 0 Å². The van der Waals surface area contributed by atoms with Crippen LogP contribution in [0.4, 0.5) is 10.8 Å². The number of nitrogens with zero attached hydrogens (tertiary/aromatic N) is 2. The SMILES string of the molecule is COc1cc([C@@H]2C3=C(CCCC3=O)Nc3sc4c(C)c(C#N)c(N)nc4c32)ccc1O. The van der Waals surface area contributed by atoms with Crippen LogP contribution in [0.2, 0.25) is 0 Å². The Labute approximate surface area is 182 Å². The molecular weight excluding hydrogens is 412 g/mol. The summed E-state index contributed by atoms with van der Waals surface area (Å²) in [6.45, 7) is 1.87. The van der Waals surface area contributed by atoms with E-state index < -0.39 is 0 Å². The molecule has 1 aliphatic carbocycles. The molecule has 1 aliphatic heterocycles. The number of Topliss-reactive ketones (excluding diaryl/α,β-unsaturated/α-hetero) is 1. The number of aromatic nitrogens is 1. The molecule has 1 atom stereocenters. The van der Waals surface area contributed by atoms with Crippen molar-refractivity contribution in [1.82, 2.24) is 4.98 Å². The number of pyridine rings is 1. The third-order valence-electron chi connectivity index (χ3n) is 6.07. The number of phenols is 1. The molecule has 156 valence electrons. The van der Waals surface area contributed by atoms with Crippen LogP contribution in [0.5, 0.6) is 11.5 Å². The summed E-state index contributed by atoms with van der Waals surface area (Å²) in [7, 11) is 1.50. The Hall–Kier alpha value is -3.57. The maximum Gasteiger partial charge on any atom is 0.161 e. The Morgan fingerprint density at radius 1 is 1.39 bits per heavy atom. The van der Waals surface area contributed by atoms with Crippen LogP contribution in [0.25, 0.3) is 10.2 Å². The first kappa shape index (κ1) is 19.4. The smallest absolute Gasteiger partial charge is 0.161 e. The number of aromatic hydroxyl groups is 1. The number of methoxy groups -OCH3 is 1. The largest absolute Gasteiger partial charge is 0.504 e. The summed E-state index contributed by atoms with van der Waals surface area (Å²) >= 11 is 1.53. The van der Waals surface area contributed by atoms with Gasteiger partial charge in [-0.3, -0.25) is 4.79 Å². The van der Waals surface area contributed by atoms with Crippen LogP contribution >= 0.6 is 11.3 Å². The van der Waals surface area contributed by atoms with Gasteiger partial charge in [0.05, 0.1) is 27.9 Å². The molecule has 8 heteroatoms. The van der Waals surface area contributed by atoms with Crippen molar-refractivity contribution in [1.29, 1.82) is 5.26 Å². The lowest BCUT2D eigenvalue weighted by Gasteiger charge is -2.32. The van der Waals surface area contributed by atoms with Gasteiger partial charge in [-0.1, -0.05) is 6.07 Å². The third kappa shape index (κ3) is 2.77. The van der Waals surface area contributed by atoms with Gasteiger partial charge in [0.25, 0.3) is 0 Å². The number of ether oxygens (including phenoxy) is 1. The molecule has 0 amide bonds. The van der Waals surface area contributed by atoms with Crippen LogP contribution in [-0.2, 0) is 4.79 Å². The zero-order valence-electron chi connectivity index (χ0n) is 17.1. The number of rotatable bonds is 2. The summed E-state index contributed by atoms with van der Waals surface area (Å²) in [5.74, 6) is 0.315. The Morgan fingerprint density at radius 2 is 2.19 bits per heavy atom. The van der Waals surface area contributed by atoms with Crippen LogP contribution in [0, 0.1) is 18.3 Å². The predicted molar refractivity (Wildman–Crippen MR) is 119 cm³/mol. The second kappa shape index (κ2) is 7.00. The van der Waals surface area contributed by atoms with Gasteiger partial charge >= 0.3 is 0 Å². The number of hydrogen-bond acceptors (Lipinski definition) is 8. The van der Waals surface area contributed by atoms with Crippen molar-refractivity contribution in [2.24, 2.45) is 0 Å². The second-order valence-electron chi connectivity index (χ2n) is 7.79. The predicted octanol–water partition coefficient (Wildman–Crippen LogP) is 4.34. The number of fused-ring (bicyclic) bond motifs is 3. The zero-order valence-corrected chi connectivity index (χ0v) is 17.9. The molecule has 0 unspecified atom stereocenters. The van der Waals surface area contributed by atoms with E-state index in [0.29, 0.717) is 23.3 Å². The maximum atomic E-state index is 13.1. The lowest BCUT2D eigenvalue weighted by Crippen LogP contribution is -2.26. The van der Waals surface area contributed by atoms with Gasteiger partial charge in [-0.15, -0.1) is 11.3 Å². The van der Waals surface area contributed by atoms with E-state index in [1.54, 1.807) is 12.1 Å². The minimum atomic E-state index is -0.360. The van der Waals surface area contributed by atoms with E-state index in [0.717, 1.165) is 50.5 Å². The van der Waals surface area contributed by atoms with Crippen molar-refractivity contribution in [3.8, 4) is 17.6 Å². The van der Waals surface area contributed by atoms with Gasteiger partial charge in [0.1, 0.15) is 11.9 Å². The number of allylic oxidation sites excluding steroid dienone is 2. The summed E-state index contributed by atoms with van der Waals surface area (Å²) in [6.07, 6.45) is 2.09. The number of nitrogens with one attached hydrogen (secondary N) is 1. The molecule has 0 saturated heterocycles. The molecule has 0 spiro atoms. The van der Waals surface area contributed by atoms with Gasteiger partial charge in [-0.05, 0) is 43.0 Å². The second-order valence-corrected chi connectivity index (χ2v) is 8.81. The minimum absolute atomic E-state index is 0.0386. The van der Waals surface area contributed by atoms with Gasteiger partial charge in [-0.2, -0.15) is 5.26 Å². The number of nitrogen functional groups attached to an aromatic ring is 1. The van der Waals surface area contributed by atoms with Gasteiger partial charge < -0.3 is 20.9 Å². The minimum Gasteiger partial charge on any atom is -0.504 e. The summed E-state index contributed by atoms with van der Waals surface area (Å²) in [5.41, 5.74) is 11.4. The number of benzene rings is 1. The van der Waals surface area contributed by atoms with Crippen molar-refractivity contribution in [2.45, 2.75) is 32.1 Å². The Kier molecular flexibility index (Phi) is 4.38. The average Bonchev–Trinajstić information content (AvgIpc) is 3.11. The Bertz CT molecular complexity index is 1350. The fourth-order valence-electron chi connectivity index (χ4n) is 4.60. The van der Waals surface area contributed by atoms with Crippen LogP contribution in [-0.4, -0.2) is 23.0 Å². The molecule has 2 aliphatic rings. The molecule has 3 heterocycles. The van der Waals surface area contributed by atoms with Crippen LogP contribution in [0.3, 0.4) is 0 Å². The highest BCUT2D eigenvalue weighted by molar-refractivity contribution is 7.23. The van der Waals surface area contributed by atoms with E-state index in [1.807, 2.05) is 13.0 Å². The Morgan fingerprint density at radius 3 is 2.94 bits per heavy atom. The van der Waals surface area contributed by atoms with Gasteiger partial charge in [-0.25, -0.2) is 4.98 Å². The molecule has 1 aromatic carbocycles. The van der Waals surface area contributed by atoms with E-state index in [4.69, 9.17) is 10.5 Å².